The highest BCUT2D eigenvalue weighted by Crippen LogP contribution is 2.31. The van der Waals surface area contributed by atoms with Gasteiger partial charge in [-0.1, -0.05) is 36.4 Å². The summed E-state index contributed by atoms with van der Waals surface area (Å²) in [6, 6.07) is 15.1. The van der Waals surface area contributed by atoms with Crippen LogP contribution in [0.4, 0.5) is 11.4 Å². The first-order chi connectivity index (χ1) is 17.8. The smallest absolute Gasteiger partial charge is 0.310 e. The number of carbonyl (C=O) groups is 2. The first kappa shape index (κ1) is 28.5. The number of methoxy groups -OCH3 is 1. The van der Waals surface area contributed by atoms with Crippen molar-refractivity contribution in [2.24, 2.45) is 0 Å². The van der Waals surface area contributed by atoms with Gasteiger partial charge < -0.3 is 14.9 Å². The van der Waals surface area contributed by atoms with E-state index in [0.29, 0.717) is 0 Å². The van der Waals surface area contributed by atoms with Crippen LogP contribution in [0.5, 0.6) is 5.75 Å². The van der Waals surface area contributed by atoms with Gasteiger partial charge in [-0.3, -0.25) is 19.0 Å². The van der Waals surface area contributed by atoms with Gasteiger partial charge in [0.05, 0.1) is 40.1 Å². The fourth-order valence-corrected chi connectivity index (χ4v) is 5.95. The fraction of sp³-hybridized carbons (Fsp3) is 0.200. The van der Waals surface area contributed by atoms with Gasteiger partial charge in [-0.05, 0) is 43.2 Å². The van der Waals surface area contributed by atoms with Gasteiger partial charge in [0.15, 0.2) is 0 Å². The van der Waals surface area contributed by atoms with Crippen molar-refractivity contribution in [2.45, 2.75) is 35.5 Å². The standard InChI is InChI=1S/C25H26N2O9S2/c1-15(24(28)29)20-8-4-6-10-22(20)26-37(32,33)18-12-17(36-3)13-19(14-18)38(34,35)27-23-11-7-5-9-21(23)16(2)25(30)31/h4-16,26-27H,1-3H3,(H,28,29)(H,30,31). The minimum atomic E-state index is -4.41. The van der Waals surface area contributed by atoms with E-state index in [1.165, 1.54) is 57.4 Å². The molecule has 3 aromatic rings. The van der Waals surface area contributed by atoms with Gasteiger partial charge in [-0.2, -0.15) is 0 Å². The zero-order valence-corrected chi connectivity index (χ0v) is 22.2. The molecule has 0 heterocycles. The van der Waals surface area contributed by atoms with Gasteiger partial charge in [-0.25, -0.2) is 16.8 Å². The number of para-hydroxylation sites is 2. The molecule has 0 amide bonds. The van der Waals surface area contributed by atoms with E-state index in [1.807, 2.05) is 0 Å². The number of benzene rings is 3. The van der Waals surface area contributed by atoms with Crippen LogP contribution in [-0.4, -0.2) is 46.1 Å². The lowest BCUT2D eigenvalue weighted by atomic mass is 10.00. The molecule has 202 valence electrons. The lowest BCUT2D eigenvalue weighted by Gasteiger charge is -2.17. The monoisotopic (exact) mass is 562 g/mol. The molecule has 0 aliphatic carbocycles. The topological polar surface area (TPSA) is 176 Å². The summed E-state index contributed by atoms with van der Waals surface area (Å²) in [5.74, 6) is -4.43. The molecule has 11 nitrogen and oxygen atoms in total. The molecule has 38 heavy (non-hydrogen) atoms. The Balaban J connectivity index is 2.04. The maximum absolute atomic E-state index is 13.3. The van der Waals surface area contributed by atoms with Gasteiger partial charge in [0, 0.05) is 12.1 Å². The number of hydrogen-bond donors (Lipinski definition) is 4. The highest BCUT2D eigenvalue weighted by atomic mass is 32.2. The Hall–Kier alpha value is -4.10. The summed E-state index contributed by atoms with van der Waals surface area (Å²) in [6.45, 7) is 2.81. The van der Waals surface area contributed by atoms with Crippen LogP contribution in [0.1, 0.15) is 36.8 Å². The number of rotatable bonds is 11. The van der Waals surface area contributed by atoms with Crippen molar-refractivity contribution in [1.29, 1.82) is 0 Å². The number of carboxylic acid groups (broad SMARTS) is 2. The minimum absolute atomic E-state index is 0.0179. The Morgan fingerprint density at radius 1 is 0.711 bits per heavy atom. The van der Waals surface area contributed by atoms with Crippen LogP contribution in [0.15, 0.2) is 76.5 Å². The van der Waals surface area contributed by atoms with E-state index in [9.17, 15) is 36.6 Å². The molecule has 2 unspecified atom stereocenters. The van der Waals surface area contributed by atoms with E-state index >= 15 is 0 Å². The van der Waals surface area contributed by atoms with Crippen molar-refractivity contribution in [3.8, 4) is 5.75 Å². The SMILES string of the molecule is COc1cc(S(=O)(=O)Nc2ccccc2C(C)C(=O)O)cc(S(=O)(=O)Nc2ccccc2C(C)C(=O)O)c1. The van der Waals surface area contributed by atoms with Gasteiger partial charge in [-0.15, -0.1) is 0 Å². The molecule has 0 aromatic heterocycles. The van der Waals surface area contributed by atoms with Crippen molar-refractivity contribution < 1.29 is 41.4 Å². The van der Waals surface area contributed by atoms with Gasteiger partial charge in [0.1, 0.15) is 5.75 Å². The molecule has 0 saturated carbocycles. The van der Waals surface area contributed by atoms with E-state index in [0.717, 1.165) is 18.2 Å². The molecule has 0 spiro atoms. The summed E-state index contributed by atoms with van der Waals surface area (Å²) < 4.78 is 62.9. The Morgan fingerprint density at radius 2 is 1.08 bits per heavy atom. The molecule has 0 aliphatic heterocycles. The molecular formula is C25H26N2O9S2. The Kier molecular flexibility index (Phi) is 8.32. The number of nitrogens with one attached hydrogen (secondary N) is 2. The first-order valence-corrected chi connectivity index (χ1v) is 14.1. The number of sulfonamides is 2. The van der Waals surface area contributed by atoms with Crippen molar-refractivity contribution in [1.82, 2.24) is 0 Å². The second-order valence-electron chi connectivity index (χ2n) is 8.35. The van der Waals surface area contributed by atoms with E-state index in [1.54, 1.807) is 12.1 Å². The number of carboxylic acids is 2. The molecule has 13 heteroatoms. The lowest BCUT2D eigenvalue weighted by Crippen LogP contribution is -2.19. The number of ether oxygens (including phenoxy) is 1. The number of anilines is 2. The van der Waals surface area contributed by atoms with Crippen LogP contribution < -0.4 is 14.2 Å². The summed E-state index contributed by atoms with van der Waals surface area (Å²) in [7, 11) is -7.59. The molecule has 0 fully saturated rings. The van der Waals surface area contributed by atoms with Crippen LogP contribution >= 0.6 is 0 Å². The molecule has 3 rings (SSSR count). The van der Waals surface area contributed by atoms with Crippen LogP contribution in [-0.2, 0) is 29.6 Å². The Labute approximate surface area is 220 Å². The average Bonchev–Trinajstić information content (AvgIpc) is 2.87. The summed E-state index contributed by atoms with van der Waals surface area (Å²) in [4.78, 5) is 22.0. The highest BCUT2D eigenvalue weighted by molar-refractivity contribution is 7.93. The third kappa shape index (κ3) is 6.23. The van der Waals surface area contributed by atoms with Crippen molar-refractivity contribution >= 4 is 43.4 Å². The van der Waals surface area contributed by atoms with Crippen molar-refractivity contribution in [3.05, 3.63) is 77.9 Å². The van der Waals surface area contributed by atoms with E-state index < -0.39 is 53.6 Å². The van der Waals surface area contributed by atoms with Gasteiger partial charge >= 0.3 is 11.9 Å². The van der Waals surface area contributed by atoms with E-state index in [-0.39, 0.29) is 28.3 Å². The van der Waals surface area contributed by atoms with Gasteiger partial charge in [0.25, 0.3) is 20.0 Å². The van der Waals surface area contributed by atoms with Crippen molar-refractivity contribution in [2.75, 3.05) is 16.6 Å². The summed E-state index contributed by atoms with van der Waals surface area (Å²) in [6.07, 6.45) is 0. The van der Waals surface area contributed by atoms with Gasteiger partial charge in [0.2, 0.25) is 0 Å². The Morgan fingerprint density at radius 3 is 1.42 bits per heavy atom. The van der Waals surface area contributed by atoms with Crippen LogP contribution in [0.3, 0.4) is 0 Å². The molecule has 3 aromatic carbocycles. The number of hydrogen-bond acceptors (Lipinski definition) is 7. The minimum Gasteiger partial charge on any atom is -0.497 e. The predicted molar refractivity (Wildman–Crippen MR) is 140 cm³/mol. The second kappa shape index (κ2) is 11.1. The van der Waals surface area contributed by atoms with Crippen LogP contribution in [0.2, 0.25) is 0 Å². The zero-order chi connectivity index (χ0) is 28.3. The molecule has 0 radical (unpaired) electrons. The molecule has 0 bridgehead atoms. The van der Waals surface area contributed by atoms with E-state index in [2.05, 4.69) is 9.44 Å². The van der Waals surface area contributed by atoms with Crippen molar-refractivity contribution in [3.63, 3.8) is 0 Å². The normalized spacial score (nSPS) is 13.2. The molecular weight excluding hydrogens is 536 g/mol. The lowest BCUT2D eigenvalue weighted by molar-refractivity contribution is -0.139. The largest absolute Gasteiger partial charge is 0.497 e. The molecule has 0 aliphatic rings. The number of aliphatic carboxylic acids is 2. The second-order valence-corrected chi connectivity index (χ2v) is 11.7. The summed E-state index contributed by atoms with van der Waals surface area (Å²) in [5, 5.41) is 18.7. The molecule has 0 saturated heterocycles. The predicted octanol–water partition coefficient (Wildman–Crippen LogP) is 3.67. The third-order valence-electron chi connectivity index (χ3n) is 5.79. The Bertz CT molecular complexity index is 1470. The first-order valence-electron chi connectivity index (χ1n) is 11.1. The van der Waals surface area contributed by atoms with Crippen LogP contribution in [0.25, 0.3) is 0 Å². The summed E-state index contributed by atoms with van der Waals surface area (Å²) in [5.41, 5.74) is 0.462. The quantitative estimate of drug-likeness (QED) is 0.271. The van der Waals surface area contributed by atoms with E-state index in [4.69, 9.17) is 4.74 Å². The molecule has 4 N–H and O–H groups in total. The third-order valence-corrected chi connectivity index (χ3v) is 8.48. The summed E-state index contributed by atoms with van der Waals surface area (Å²) >= 11 is 0. The molecule has 2 atom stereocenters. The highest BCUT2D eigenvalue weighted by Gasteiger charge is 2.26. The average molecular weight is 563 g/mol. The maximum atomic E-state index is 13.3. The maximum Gasteiger partial charge on any atom is 0.310 e. The zero-order valence-electron chi connectivity index (χ0n) is 20.6. The fourth-order valence-electron chi connectivity index (χ4n) is 3.58. The van der Waals surface area contributed by atoms with Crippen LogP contribution in [0, 0.1) is 0 Å².